The molecule has 1 aromatic carbocycles. The molecule has 6 nitrogen and oxygen atoms in total. The maximum atomic E-state index is 12.6. The first-order valence-electron chi connectivity index (χ1n) is 7.69. The van der Waals surface area contributed by atoms with Crippen LogP contribution in [0.15, 0.2) is 39.2 Å². The molecule has 0 aliphatic carbocycles. The van der Waals surface area contributed by atoms with Gasteiger partial charge in [0.05, 0.1) is 16.2 Å². The minimum Gasteiger partial charge on any atom is -0.323 e. The summed E-state index contributed by atoms with van der Waals surface area (Å²) in [5, 5.41) is 4.87. The van der Waals surface area contributed by atoms with E-state index in [0.29, 0.717) is 20.9 Å². The average Bonchev–Trinajstić information content (AvgIpc) is 3.04. The Morgan fingerprint density at radius 2 is 2.00 bits per heavy atom. The van der Waals surface area contributed by atoms with Crippen molar-refractivity contribution >= 4 is 44.7 Å². The van der Waals surface area contributed by atoms with Crippen molar-refractivity contribution in [3.05, 3.63) is 61.1 Å². The second-order valence-electron chi connectivity index (χ2n) is 5.58. The van der Waals surface area contributed by atoms with E-state index < -0.39 is 5.69 Å². The lowest BCUT2D eigenvalue weighted by atomic mass is 10.2. The predicted molar refractivity (Wildman–Crippen MR) is 101 cm³/mol. The van der Waals surface area contributed by atoms with Gasteiger partial charge < -0.3 is 5.32 Å². The Morgan fingerprint density at radius 3 is 2.68 bits per heavy atom. The number of anilines is 1. The Kier molecular flexibility index (Phi) is 4.78. The van der Waals surface area contributed by atoms with Crippen molar-refractivity contribution in [2.24, 2.45) is 0 Å². The van der Waals surface area contributed by atoms with E-state index in [4.69, 9.17) is 11.6 Å². The van der Waals surface area contributed by atoms with Crippen molar-refractivity contribution in [3.63, 3.8) is 0 Å². The summed E-state index contributed by atoms with van der Waals surface area (Å²) in [6.07, 6.45) is 0. The Morgan fingerprint density at radius 1 is 1.24 bits per heavy atom. The van der Waals surface area contributed by atoms with E-state index in [1.165, 1.54) is 15.9 Å². The van der Waals surface area contributed by atoms with Crippen LogP contribution in [-0.2, 0) is 17.9 Å². The van der Waals surface area contributed by atoms with Crippen LogP contribution >= 0.6 is 22.9 Å². The summed E-state index contributed by atoms with van der Waals surface area (Å²) in [5.74, 6) is -0.387. The van der Waals surface area contributed by atoms with E-state index in [-0.39, 0.29) is 24.6 Å². The third kappa shape index (κ3) is 3.25. The minimum atomic E-state index is -0.497. The van der Waals surface area contributed by atoms with Crippen molar-refractivity contribution in [3.8, 4) is 0 Å². The fourth-order valence-corrected chi connectivity index (χ4v) is 3.75. The number of thiophene rings is 1. The van der Waals surface area contributed by atoms with Gasteiger partial charge in [-0.2, -0.15) is 0 Å². The zero-order valence-electron chi connectivity index (χ0n) is 13.7. The van der Waals surface area contributed by atoms with Gasteiger partial charge in [0.25, 0.3) is 5.56 Å². The molecular formula is C17H16ClN3O3S. The maximum Gasteiger partial charge on any atom is 0.331 e. The summed E-state index contributed by atoms with van der Waals surface area (Å²) < 4.78 is 2.90. The van der Waals surface area contributed by atoms with Gasteiger partial charge >= 0.3 is 5.69 Å². The number of benzene rings is 1. The molecule has 2 heterocycles. The SMILES string of the molecule is CCn1c(=O)c2sccc2n(CC(=O)Nc2ccc(C)cc2Cl)c1=O. The fourth-order valence-electron chi connectivity index (χ4n) is 2.62. The van der Waals surface area contributed by atoms with E-state index in [1.54, 1.807) is 30.5 Å². The molecule has 0 aliphatic heterocycles. The molecule has 130 valence electrons. The van der Waals surface area contributed by atoms with E-state index in [2.05, 4.69) is 5.32 Å². The Labute approximate surface area is 152 Å². The number of aryl methyl sites for hydroxylation is 1. The quantitative estimate of drug-likeness (QED) is 0.759. The Bertz CT molecular complexity index is 1080. The monoisotopic (exact) mass is 377 g/mol. The summed E-state index contributed by atoms with van der Waals surface area (Å²) in [4.78, 5) is 37.3. The maximum absolute atomic E-state index is 12.6. The summed E-state index contributed by atoms with van der Waals surface area (Å²) in [6.45, 7) is 3.67. The first-order valence-corrected chi connectivity index (χ1v) is 8.95. The number of carbonyl (C=O) groups is 1. The van der Waals surface area contributed by atoms with Crippen LogP contribution in [0.2, 0.25) is 5.02 Å². The van der Waals surface area contributed by atoms with Gasteiger partial charge in [-0.15, -0.1) is 11.3 Å². The summed E-state index contributed by atoms with van der Waals surface area (Å²) >= 11 is 7.38. The Hall–Kier alpha value is -2.38. The third-order valence-electron chi connectivity index (χ3n) is 3.85. The average molecular weight is 378 g/mol. The topological polar surface area (TPSA) is 73.1 Å². The van der Waals surface area contributed by atoms with Crippen LogP contribution in [0.5, 0.6) is 0 Å². The van der Waals surface area contributed by atoms with Crippen LogP contribution in [-0.4, -0.2) is 15.0 Å². The van der Waals surface area contributed by atoms with Gasteiger partial charge in [-0.3, -0.25) is 18.7 Å². The van der Waals surface area contributed by atoms with Gasteiger partial charge in [0.1, 0.15) is 11.2 Å². The van der Waals surface area contributed by atoms with E-state index in [1.807, 2.05) is 13.0 Å². The van der Waals surface area contributed by atoms with Crippen LogP contribution < -0.4 is 16.6 Å². The molecule has 3 rings (SSSR count). The highest BCUT2D eigenvalue weighted by Crippen LogP contribution is 2.23. The number of hydrogen-bond donors (Lipinski definition) is 1. The van der Waals surface area contributed by atoms with Crippen molar-refractivity contribution in [2.45, 2.75) is 26.9 Å². The summed E-state index contributed by atoms with van der Waals surface area (Å²) in [7, 11) is 0. The lowest BCUT2D eigenvalue weighted by Crippen LogP contribution is -2.40. The van der Waals surface area contributed by atoms with Gasteiger partial charge in [0, 0.05) is 6.54 Å². The molecule has 0 bridgehead atoms. The molecule has 2 aromatic heterocycles. The molecule has 1 amide bonds. The number of rotatable bonds is 4. The number of nitrogens with zero attached hydrogens (tertiary/aromatic N) is 2. The number of nitrogens with one attached hydrogen (secondary N) is 1. The van der Waals surface area contributed by atoms with E-state index >= 15 is 0 Å². The smallest absolute Gasteiger partial charge is 0.323 e. The van der Waals surface area contributed by atoms with Gasteiger partial charge in [-0.1, -0.05) is 17.7 Å². The molecule has 0 aliphatic rings. The largest absolute Gasteiger partial charge is 0.331 e. The number of carbonyl (C=O) groups excluding carboxylic acids is 1. The van der Waals surface area contributed by atoms with Gasteiger partial charge in [-0.25, -0.2) is 4.79 Å². The van der Waals surface area contributed by atoms with E-state index in [0.717, 1.165) is 10.1 Å². The molecule has 3 aromatic rings. The van der Waals surface area contributed by atoms with Gasteiger partial charge in [0.15, 0.2) is 0 Å². The second kappa shape index (κ2) is 6.85. The first-order chi connectivity index (χ1) is 11.9. The zero-order valence-corrected chi connectivity index (χ0v) is 15.3. The highest BCUT2D eigenvalue weighted by Gasteiger charge is 2.16. The van der Waals surface area contributed by atoms with Crippen molar-refractivity contribution < 1.29 is 4.79 Å². The molecule has 0 fully saturated rings. The Balaban J connectivity index is 1.97. The highest BCUT2D eigenvalue weighted by atomic mass is 35.5. The molecule has 0 saturated carbocycles. The zero-order chi connectivity index (χ0) is 18.1. The van der Waals surface area contributed by atoms with E-state index in [9.17, 15) is 14.4 Å². The number of aromatic nitrogens is 2. The molecule has 0 atom stereocenters. The summed E-state index contributed by atoms with van der Waals surface area (Å²) in [5.41, 5.74) is 1.11. The van der Waals surface area contributed by atoms with Gasteiger partial charge in [0.2, 0.25) is 5.91 Å². The van der Waals surface area contributed by atoms with Crippen molar-refractivity contribution in [1.82, 2.24) is 9.13 Å². The standard InChI is InChI=1S/C17H16ClN3O3S/c1-3-20-16(23)15-13(6-7-25-15)21(17(20)24)9-14(22)19-12-5-4-10(2)8-11(12)18/h4-8H,3,9H2,1-2H3,(H,19,22). The third-order valence-corrected chi connectivity index (χ3v) is 5.06. The summed E-state index contributed by atoms with van der Waals surface area (Å²) in [6, 6.07) is 6.97. The highest BCUT2D eigenvalue weighted by molar-refractivity contribution is 7.17. The fraction of sp³-hybridized carbons (Fsp3) is 0.235. The second-order valence-corrected chi connectivity index (χ2v) is 6.91. The van der Waals surface area contributed by atoms with Crippen LogP contribution in [0.3, 0.4) is 0 Å². The molecule has 25 heavy (non-hydrogen) atoms. The number of hydrogen-bond acceptors (Lipinski definition) is 4. The lowest BCUT2D eigenvalue weighted by Gasteiger charge is -2.12. The molecular weight excluding hydrogens is 362 g/mol. The molecule has 0 saturated heterocycles. The number of amides is 1. The molecule has 0 unspecified atom stereocenters. The van der Waals surface area contributed by atoms with Crippen molar-refractivity contribution in [1.29, 1.82) is 0 Å². The first kappa shape index (κ1) is 17.4. The van der Waals surface area contributed by atoms with Crippen LogP contribution in [0.1, 0.15) is 12.5 Å². The van der Waals surface area contributed by atoms with Crippen LogP contribution in [0.25, 0.3) is 10.2 Å². The lowest BCUT2D eigenvalue weighted by molar-refractivity contribution is -0.116. The molecule has 0 radical (unpaired) electrons. The normalized spacial score (nSPS) is 11.0. The predicted octanol–water partition coefficient (Wildman–Crippen LogP) is 2.85. The molecule has 0 spiro atoms. The van der Waals surface area contributed by atoms with Crippen molar-refractivity contribution in [2.75, 3.05) is 5.32 Å². The number of fused-ring (bicyclic) bond motifs is 1. The van der Waals surface area contributed by atoms with Gasteiger partial charge in [-0.05, 0) is 43.0 Å². The molecule has 1 N–H and O–H groups in total. The number of halogens is 1. The molecule has 8 heteroatoms. The van der Waals surface area contributed by atoms with Crippen LogP contribution in [0.4, 0.5) is 5.69 Å². The van der Waals surface area contributed by atoms with Crippen LogP contribution in [0, 0.1) is 6.92 Å². The minimum absolute atomic E-state index is 0.198.